The summed E-state index contributed by atoms with van der Waals surface area (Å²) in [4.78, 5) is 11.8. The number of carbonyl (C=O) groups excluding carboxylic acids is 1. The fraction of sp³-hybridized carbons (Fsp3) is 0.258. The summed E-state index contributed by atoms with van der Waals surface area (Å²) in [6.45, 7) is 11.6. The molecule has 0 unspecified atom stereocenters. The molecule has 5 rings (SSSR count). The highest BCUT2D eigenvalue weighted by Gasteiger charge is 2.25. The number of hydrogen-bond donors (Lipinski definition) is 1. The van der Waals surface area contributed by atoms with Gasteiger partial charge in [-0.05, 0) is 66.5 Å². The predicted molar refractivity (Wildman–Crippen MR) is 143 cm³/mol. The Kier molecular flexibility index (Phi) is 7.88. The van der Waals surface area contributed by atoms with Crippen molar-refractivity contribution in [3.63, 3.8) is 0 Å². The van der Waals surface area contributed by atoms with E-state index in [1.807, 2.05) is 19.1 Å². The molecule has 34 heavy (non-hydrogen) atoms. The van der Waals surface area contributed by atoms with Crippen LogP contribution in [0.1, 0.15) is 64.0 Å². The molecule has 3 heteroatoms. The van der Waals surface area contributed by atoms with Crippen LogP contribution < -0.4 is 5.32 Å². The second-order valence-electron chi connectivity index (χ2n) is 8.91. The zero-order valence-corrected chi connectivity index (χ0v) is 19.4. The topological polar surface area (TPSA) is 29.1 Å². The maximum atomic E-state index is 14.7. The van der Waals surface area contributed by atoms with Crippen molar-refractivity contribution in [2.45, 2.75) is 52.9 Å². The molecule has 3 aromatic carbocycles. The largest absolute Gasteiger partial charge is 0.321 e. The molecule has 2 nitrogen and oxygen atoms in total. The van der Waals surface area contributed by atoms with Crippen molar-refractivity contribution in [3.05, 3.63) is 96.3 Å². The third-order valence-electron chi connectivity index (χ3n) is 6.57. The third-order valence-corrected chi connectivity index (χ3v) is 6.57. The zero-order chi connectivity index (χ0) is 23.5. The van der Waals surface area contributed by atoms with Gasteiger partial charge in [-0.15, -0.1) is 6.58 Å². The highest BCUT2D eigenvalue weighted by molar-refractivity contribution is 6.31. The van der Waals surface area contributed by atoms with Gasteiger partial charge in [0.1, 0.15) is 5.82 Å². The summed E-state index contributed by atoms with van der Waals surface area (Å²) >= 11 is 0. The van der Waals surface area contributed by atoms with Gasteiger partial charge in [-0.3, -0.25) is 4.79 Å². The molecule has 0 spiro atoms. The van der Waals surface area contributed by atoms with Crippen LogP contribution in [0.3, 0.4) is 0 Å². The summed E-state index contributed by atoms with van der Waals surface area (Å²) in [5.41, 5.74) is 7.87. The Morgan fingerprint density at radius 3 is 2.15 bits per heavy atom. The first kappa shape index (κ1) is 25.2. The molecule has 1 amide bonds. The lowest BCUT2D eigenvalue weighted by Gasteiger charge is -2.28. The number of nitrogens with one attached hydrogen (secondary N) is 1. The number of allylic oxidation sites excluding steroid dienone is 1. The first-order valence-corrected chi connectivity index (χ1v) is 11.6. The number of benzene rings is 3. The molecule has 1 saturated carbocycles. The van der Waals surface area contributed by atoms with Gasteiger partial charge in [0.25, 0.3) is 5.91 Å². The van der Waals surface area contributed by atoms with Crippen LogP contribution in [0.5, 0.6) is 0 Å². The zero-order valence-electron chi connectivity index (χ0n) is 19.4. The maximum absolute atomic E-state index is 14.7. The summed E-state index contributed by atoms with van der Waals surface area (Å²) in [5, 5.41) is 2.65. The normalized spacial score (nSPS) is 14.2. The number of anilines is 1. The van der Waals surface area contributed by atoms with Gasteiger partial charge < -0.3 is 5.32 Å². The van der Waals surface area contributed by atoms with E-state index in [4.69, 9.17) is 0 Å². The molecule has 0 bridgehead atoms. The Balaban J connectivity index is 0.000000492. The van der Waals surface area contributed by atoms with Gasteiger partial charge in [-0.25, -0.2) is 4.39 Å². The van der Waals surface area contributed by atoms with Crippen molar-refractivity contribution in [3.8, 4) is 22.3 Å². The quantitative estimate of drug-likeness (QED) is 0.309. The van der Waals surface area contributed by atoms with Crippen LogP contribution in [-0.4, -0.2) is 5.91 Å². The monoisotopic (exact) mass is 455 g/mol. The molecular weight excluding hydrogens is 421 g/mol. The molecule has 0 saturated heterocycles. The van der Waals surface area contributed by atoms with Crippen LogP contribution in [0.15, 0.2) is 79.4 Å². The van der Waals surface area contributed by atoms with Crippen molar-refractivity contribution < 1.29 is 9.18 Å². The van der Waals surface area contributed by atoms with Gasteiger partial charge >= 0.3 is 0 Å². The van der Waals surface area contributed by atoms with E-state index in [0.717, 1.165) is 17.5 Å². The lowest BCUT2D eigenvalue weighted by Crippen LogP contribution is -2.09. The summed E-state index contributed by atoms with van der Waals surface area (Å²) in [6.07, 6.45) is 4.93. The molecule has 0 radical (unpaired) electrons. The van der Waals surface area contributed by atoms with E-state index in [0.29, 0.717) is 28.3 Å². The van der Waals surface area contributed by atoms with E-state index in [-0.39, 0.29) is 19.2 Å². The Morgan fingerprint density at radius 2 is 1.59 bits per heavy atom. The minimum Gasteiger partial charge on any atom is -0.321 e. The Morgan fingerprint density at radius 1 is 1.00 bits per heavy atom. The molecule has 1 heterocycles. The number of rotatable bonds is 4. The average molecular weight is 456 g/mol. The lowest BCUT2D eigenvalue weighted by molar-refractivity contribution is -0.110. The smallest absolute Gasteiger partial charge is 0.255 e. The van der Waals surface area contributed by atoms with Crippen LogP contribution in [0.25, 0.3) is 27.8 Å². The molecule has 1 aliphatic carbocycles. The minimum atomic E-state index is -0.351. The standard InChI is InChI=1S/C25H20FNO.C5H10.CH4/c1-15-21-13-22(23(26)14-24(21)27-25(15)28)18-11-9-17(10-12-18)20-8-3-2-7-19(20)16-5-4-6-16;1-4-5(2)3;/h2-3,7-14,16H,1,4-6H2,(H,27,28);2,4H2,1,3H3;1H4. The van der Waals surface area contributed by atoms with Crippen LogP contribution >= 0.6 is 0 Å². The van der Waals surface area contributed by atoms with Gasteiger partial charge in [0.05, 0.1) is 5.69 Å². The van der Waals surface area contributed by atoms with Crippen molar-refractivity contribution in [2.75, 3.05) is 5.32 Å². The van der Waals surface area contributed by atoms with Crippen LogP contribution in [0.2, 0.25) is 0 Å². The minimum absolute atomic E-state index is 0. The van der Waals surface area contributed by atoms with Crippen molar-refractivity contribution in [1.82, 2.24) is 0 Å². The fourth-order valence-electron chi connectivity index (χ4n) is 4.13. The molecule has 3 aromatic rings. The second-order valence-corrected chi connectivity index (χ2v) is 8.91. The van der Waals surface area contributed by atoms with E-state index in [1.165, 1.54) is 42.0 Å². The third kappa shape index (κ3) is 5.04. The number of amides is 1. The highest BCUT2D eigenvalue weighted by atomic mass is 19.1. The molecule has 0 atom stereocenters. The summed E-state index contributed by atoms with van der Waals surface area (Å²) < 4.78 is 14.7. The summed E-state index contributed by atoms with van der Waals surface area (Å²) in [5.74, 6) is 0.0342. The van der Waals surface area contributed by atoms with Crippen LogP contribution in [-0.2, 0) is 4.79 Å². The molecule has 1 fully saturated rings. The van der Waals surface area contributed by atoms with E-state index >= 15 is 0 Å². The van der Waals surface area contributed by atoms with Gasteiger partial charge in [0.2, 0.25) is 0 Å². The Labute approximate surface area is 203 Å². The first-order chi connectivity index (χ1) is 15.9. The van der Waals surface area contributed by atoms with Crippen molar-refractivity contribution in [2.24, 2.45) is 0 Å². The van der Waals surface area contributed by atoms with Crippen molar-refractivity contribution >= 4 is 17.2 Å². The van der Waals surface area contributed by atoms with Crippen molar-refractivity contribution in [1.29, 1.82) is 0 Å². The number of fused-ring (bicyclic) bond motifs is 1. The number of carbonyl (C=O) groups is 1. The SMILES string of the molecule is C.C=C(C)CC.C=C1C(=O)Nc2cc(F)c(-c3ccc(-c4ccccc4C4CCC4)cc3)cc21. The molecule has 2 aliphatic rings. The van der Waals surface area contributed by atoms with Crippen LogP contribution in [0, 0.1) is 5.82 Å². The number of hydrogen-bond acceptors (Lipinski definition) is 1. The maximum Gasteiger partial charge on any atom is 0.255 e. The summed E-state index contributed by atoms with van der Waals surface area (Å²) in [6, 6.07) is 19.7. The van der Waals surface area contributed by atoms with E-state index in [2.05, 4.69) is 61.8 Å². The average Bonchev–Trinajstić information content (AvgIpc) is 3.05. The summed E-state index contributed by atoms with van der Waals surface area (Å²) in [7, 11) is 0. The molecule has 1 aliphatic heterocycles. The van der Waals surface area contributed by atoms with E-state index < -0.39 is 0 Å². The fourth-order valence-corrected chi connectivity index (χ4v) is 4.13. The Bertz CT molecular complexity index is 1220. The van der Waals surface area contributed by atoms with E-state index in [9.17, 15) is 9.18 Å². The predicted octanol–water partition coefficient (Wildman–Crippen LogP) is 9.00. The molecular formula is C31H34FNO. The van der Waals surface area contributed by atoms with Gasteiger partial charge in [0, 0.05) is 16.7 Å². The van der Waals surface area contributed by atoms with Gasteiger partial charge in [0.15, 0.2) is 0 Å². The second kappa shape index (κ2) is 10.6. The van der Waals surface area contributed by atoms with Gasteiger partial charge in [-0.2, -0.15) is 0 Å². The lowest BCUT2D eigenvalue weighted by atomic mass is 9.77. The first-order valence-electron chi connectivity index (χ1n) is 11.6. The van der Waals surface area contributed by atoms with E-state index in [1.54, 1.807) is 6.07 Å². The van der Waals surface area contributed by atoms with Crippen LogP contribution in [0.4, 0.5) is 10.1 Å². The molecule has 1 N–H and O–H groups in total. The van der Waals surface area contributed by atoms with Gasteiger partial charge in [-0.1, -0.05) is 81.5 Å². The highest BCUT2D eigenvalue weighted by Crippen LogP contribution is 2.42. The molecule has 0 aromatic heterocycles. The molecule has 176 valence electrons. The number of halogens is 1. The Hall–Kier alpha value is -3.46.